The SMILES string of the molecule is N=C=C1C(=S)NC(=S)[C@@H]([n+]2ccccc2)[C@@H]1c1ccc(Br)cc1. The van der Waals surface area contributed by atoms with Crippen molar-refractivity contribution in [3.05, 3.63) is 70.5 Å². The molecule has 1 saturated heterocycles. The minimum Gasteiger partial charge on any atom is -0.335 e. The van der Waals surface area contributed by atoms with Gasteiger partial charge in [-0.2, -0.15) is 4.57 Å². The van der Waals surface area contributed by atoms with E-state index in [1.54, 1.807) is 0 Å². The van der Waals surface area contributed by atoms with E-state index in [1.165, 1.54) is 0 Å². The number of rotatable bonds is 2. The van der Waals surface area contributed by atoms with Gasteiger partial charge in [-0.1, -0.05) is 58.6 Å². The molecule has 0 radical (unpaired) electrons. The van der Waals surface area contributed by atoms with Crippen molar-refractivity contribution >= 4 is 56.2 Å². The molecular formula is C17H13BrN3S2+. The molecule has 2 aromatic rings. The summed E-state index contributed by atoms with van der Waals surface area (Å²) < 4.78 is 3.05. The molecule has 0 unspecified atom stereocenters. The lowest BCUT2D eigenvalue weighted by Gasteiger charge is -2.31. The van der Waals surface area contributed by atoms with Gasteiger partial charge in [-0.05, 0) is 23.6 Å². The van der Waals surface area contributed by atoms with Crippen molar-refractivity contribution in [2.24, 2.45) is 0 Å². The second-order valence-electron chi connectivity index (χ2n) is 5.15. The number of halogens is 1. The topological polar surface area (TPSA) is 39.8 Å². The first-order valence-electron chi connectivity index (χ1n) is 6.98. The van der Waals surface area contributed by atoms with Gasteiger partial charge in [0.1, 0.15) is 4.99 Å². The Labute approximate surface area is 153 Å². The van der Waals surface area contributed by atoms with Crippen LogP contribution in [-0.2, 0) is 0 Å². The van der Waals surface area contributed by atoms with Crippen LogP contribution in [0.3, 0.4) is 0 Å². The fourth-order valence-corrected chi connectivity index (χ4v) is 3.74. The van der Waals surface area contributed by atoms with Gasteiger partial charge in [-0.25, -0.2) is 0 Å². The molecule has 3 rings (SSSR count). The van der Waals surface area contributed by atoms with Crippen LogP contribution in [0.5, 0.6) is 0 Å². The van der Waals surface area contributed by atoms with E-state index in [0.29, 0.717) is 15.6 Å². The highest BCUT2D eigenvalue weighted by atomic mass is 79.9. The predicted octanol–water partition coefficient (Wildman–Crippen LogP) is 3.49. The van der Waals surface area contributed by atoms with E-state index in [0.717, 1.165) is 10.0 Å². The molecule has 23 heavy (non-hydrogen) atoms. The third kappa shape index (κ3) is 3.16. The molecule has 0 aliphatic carbocycles. The molecule has 0 saturated carbocycles. The molecule has 0 bridgehead atoms. The van der Waals surface area contributed by atoms with Crippen molar-refractivity contribution in [3.63, 3.8) is 0 Å². The number of hydrogen-bond donors (Lipinski definition) is 2. The fourth-order valence-electron chi connectivity index (χ4n) is 2.76. The van der Waals surface area contributed by atoms with E-state index in [1.807, 2.05) is 59.4 Å². The highest BCUT2D eigenvalue weighted by molar-refractivity contribution is 9.10. The molecule has 1 aromatic carbocycles. The van der Waals surface area contributed by atoms with Crippen molar-refractivity contribution in [2.45, 2.75) is 12.0 Å². The lowest BCUT2D eigenvalue weighted by molar-refractivity contribution is -0.708. The lowest BCUT2D eigenvalue weighted by Crippen LogP contribution is -2.55. The van der Waals surface area contributed by atoms with Crippen LogP contribution in [0.1, 0.15) is 17.5 Å². The Morgan fingerprint density at radius 2 is 1.74 bits per heavy atom. The van der Waals surface area contributed by atoms with Crippen molar-refractivity contribution in [1.82, 2.24) is 5.32 Å². The second kappa shape index (κ2) is 6.81. The number of hydrogen-bond acceptors (Lipinski definition) is 3. The van der Waals surface area contributed by atoms with Crippen molar-refractivity contribution in [3.8, 4) is 0 Å². The van der Waals surface area contributed by atoms with Crippen LogP contribution < -0.4 is 9.88 Å². The highest BCUT2D eigenvalue weighted by Crippen LogP contribution is 2.36. The molecule has 1 aliphatic rings. The van der Waals surface area contributed by atoms with Crippen LogP contribution in [0.15, 0.2) is 64.9 Å². The molecule has 6 heteroatoms. The van der Waals surface area contributed by atoms with Gasteiger partial charge >= 0.3 is 0 Å². The van der Waals surface area contributed by atoms with Gasteiger partial charge < -0.3 is 5.32 Å². The quantitative estimate of drug-likeness (QED) is 0.349. The summed E-state index contributed by atoms with van der Waals surface area (Å²) in [6, 6.07) is 13.8. The van der Waals surface area contributed by atoms with Crippen LogP contribution in [0.25, 0.3) is 0 Å². The maximum atomic E-state index is 7.69. The summed E-state index contributed by atoms with van der Waals surface area (Å²) in [6.07, 6.45) is 3.95. The minimum absolute atomic E-state index is 0.144. The summed E-state index contributed by atoms with van der Waals surface area (Å²) in [7, 11) is 0. The third-order valence-corrected chi connectivity index (χ3v) is 4.99. The Morgan fingerprint density at radius 1 is 1.09 bits per heavy atom. The van der Waals surface area contributed by atoms with Crippen molar-refractivity contribution in [1.29, 1.82) is 5.41 Å². The Kier molecular flexibility index (Phi) is 4.78. The number of thiocarbonyl (C=S) groups is 2. The number of piperidine rings is 1. The van der Waals surface area contributed by atoms with Crippen LogP contribution in [0.2, 0.25) is 0 Å². The van der Waals surface area contributed by atoms with E-state index >= 15 is 0 Å². The van der Waals surface area contributed by atoms with Crippen molar-refractivity contribution in [2.75, 3.05) is 0 Å². The molecule has 1 aliphatic heterocycles. The van der Waals surface area contributed by atoms with E-state index in [2.05, 4.69) is 27.1 Å². The molecule has 2 atom stereocenters. The van der Waals surface area contributed by atoms with Gasteiger partial charge in [0.25, 0.3) is 0 Å². The Bertz CT molecular complexity index is 811. The molecular weight excluding hydrogens is 390 g/mol. The smallest absolute Gasteiger partial charge is 0.219 e. The average molecular weight is 403 g/mol. The lowest BCUT2D eigenvalue weighted by atomic mass is 9.82. The third-order valence-electron chi connectivity index (χ3n) is 3.80. The summed E-state index contributed by atoms with van der Waals surface area (Å²) in [5, 5.41) is 10.7. The maximum Gasteiger partial charge on any atom is 0.219 e. The van der Waals surface area contributed by atoms with Gasteiger partial charge in [-0.3, -0.25) is 5.41 Å². The van der Waals surface area contributed by atoms with Crippen LogP contribution in [-0.4, -0.2) is 15.8 Å². The van der Waals surface area contributed by atoms with Crippen LogP contribution >= 0.6 is 40.4 Å². The first-order chi connectivity index (χ1) is 11.1. The predicted molar refractivity (Wildman–Crippen MR) is 102 cm³/mol. The largest absolute Gasteiger partial charge is 0.335 e. The van der Waals surface area contributed by atoms with Gasteiger partial charge in [0, 0.05) is 16.6 Å². The van der Waals surface area contributed by atoms with Gasteiger partial charge in [0.2, 0.25) is 6.04 Å². The first-order valence-corrected chi connectivity index (χ1v) is 8.59. The first kappa shape index (κ1) is 16.1. The number of pyridine rings is 1. The zero-order chi connectivity index (χ0) is 16.4. The molecule has 114 valence electrons. The molecule has 0 spiro atoms. The number of benzene rings is 1. The number of nitrogens with zero attached hydrogens (tertiary/aromatic N) is 1. The van der Waals surface area contributed by atoms with E-state index < -0.39 is 0 Å². The summed E-state index contributed by atoms with van der Waals surface area (Å²) in [4.78, 5) is 1.13. The van der Waals surface area contributed by atoms with E-state index in [9.17, 15) is 0 Å². The normalized spacial score (nSPS) is 20.8. The van der Waals surface area contributed by atoms with Gasteiger partial charge in [0.15, 0.2) is 17.4 Å². The monoisotopic (exact) mass is 402 g/mol. The summed E-state index contributed by atoms with van der Waals surface area (Å²) in [6.45, 7) is 0. The second-order valence-corrected chi connectivity index (χ2v) is 6.92. The molecule has 3 nitrogen and oxygen atoms in total. The standard InChI is InChI=1S/C17H12BrN3S2/c18-12-6-4-11(5-7-12)14-13(10-19)16(22)20-17(23)15(14)21-8-2-1-3-9-21/h1-9,14-15,19H/p+1/t14-,15+/m1/s1. The Balaban J connectivity index is 2.17. The Hall–Kier alpha value is -1.72. The number of aromatic nitrogens is 1. The van der Waals surface area contributed by atoms with Crippen molar-refractivity contribution < 1.29 is 4.57 Å². The minimum atomic E-state index is -0.146. The summed E-state index contributed by atoms with van der Waals surface area (Å²) in [5.74, 6) is 2.37. The zero-order valence-electron chi connectivity index (χ0n) is 12.0. The molecule has 0 amide bonds. The fraction of sp³-hybridized carbons (Fsp3) is 0.118. The number of nitrogens with one attached hydrogen (secondary N) is 2. The van der Waals surface area contributed by atoms with E-state index in [4.69, 9.17) is 29.8 Å². The maximum absolute atomic E-state index is 7.69. The molecule has 1 aromatic heterocycles. The zero-order valence-corrected chi connectivity index (χ0v) is 15.2. The molecule has 2 N–H and O–H groups in total. The van der Waals surface area contributed by atoms with Crippen LogP contribution in [0.4, 0.5) is 0 Å². The summed E-state index contributed by atoms with van der Waals surface area (Å²) in [5.41, 5.74) is 1.70. The molecule has 2 heterocycles. The van der Waals surface area contributed by atoms with Gasteiger partial charge in [0.05, 0.1) is 11.5 Å². The average Bonchev–Trinajstić information content (AvgIpc) is 2.56. The highest BCUT2D eigenvalue weighted by Gasteiger charge is 2.43. The molecule has 1 fully saturated rings. The van der Waals surface area contributed by atoms with Crippen LogP contribution in [0, 0.1) is 5.41 Å². The van der Waals surface area contributed by atoms with E-state index in [-0.39, 0.29) is 12.0 Å². The van der Waals surface area contributed by atoms with Gasteiger partial charge in [-0.15, -0.1) is 0 Å². The summed E-state index contributed by atoms with van der Waals surface area (Å²) >= 11 is 14.4. The Morgan fingerprint density at radius 3 is 2.35 bits per heavy atom.